The fourth-order valence-electron chi connectivity index (χ4n) is 3.50. The number of anilines is 2. The molecule has 3 aromatic heterocycles. The van der Waals surface area contributed by atoms with Gasteiger partial charge in [0, 0.05) is 24.0 Å². The topological polar surface area (TPSA) is 133 Å². The van der Waals surface area contributed by atoms with Crippen LogP contribution in [0.15, 0.2) is 60.1 Å². The minimum atomic E-state index is -4.71. The predicted octanol–water partition coefficient (Wildman–Crippen LogP) is 4.04. The van der Waals surface area contributed by atoms with Crippen molar-refractivity contribution >= 4 is 38.3 Å². The van der Waals surface area contributed by atoms with Crippen LogP contribution >= 0.6 is 0 Å². The lowest BCUT2D eigenvalue weighted by atomic mass is 10.1. The molecule has 0 spiro atoms. The zero-order valence-corrected chi connectivity index (χ0v) is 19.2. The van der Waals surface area contributed by atoms with Crippen molar-refractivity contribution in [2.75, 3.05) is 10.5 Å². The van der Waals surface area contributed by atoms with Crippen molar-refractivity contribution in [3.8, 4) is 0 Å². The summed E-state index contributed by atoms with van der Waals surface area (Å²) in [5.41, 5.74) is 5.48. The maximum atomic E-state index is 13.3. The van der Waals surface area contributed by atoms with Crippen molar-refractivity contribution < 1.29 is 26.4 Å². The minimum Gasteiger partial charge on any atom is -0.383 e. The molecule has 9 nitrogen and oxygen atoms in total. The summed E-state index contributed by atoms with van der Waals surface area (Å²) < 4.78 is 68.3. The standard InChI is InChI=1S/C22H19F3N6O3S/c1-12(2)31-10-17(18-20(26)28-11-29-21(18)31)19(32)13-6-15(9-27-8-13)30-35(33,34)16-5-3-4-14(7-16)22(23,24)25/h3-12,30H,1-2H3,(H2,26,28,29). The number of carbonyl (C=O) groups excluding carboxylic acids is 1. The van der Waals surface area contributed by atoms with E-state index < -0.39 is 32.4 Å². The van der Waals surface area contributed by atoms with E-state index in [1.807, 2.05) is 13.8 Å². The highest BCUT2D eigenvalue weighted by Crippen LogP contribution is 2.31. The number of pyridine rings is 1. The van der Waals surface area contributed by atoms with Gasteiger partial charge in [0.05, 0.1) is 33.3 Å². The zero-order chi connectivity index (χ0) is 25.5. The number of hydrogen-bond acceptors (Lipinski definition) is 7. The quantitative estimate of drug-likeness (QED) is 0.379. The van der Waals surface area contributed by atoms with Crippen LogP contribution in [0.3, 0.4) is 0 Å². The maximum Gasteiger partial charge on any atom is 0.416 e. The van der Waals surface area contributed by atoms with Gasteiger partial charge in [-0.1, -0.05) is 6.07 Å². The summed E-state index contributed by atoms with van der Waals surface area (Å²) >= 11 is 0. The van der Waals surface area contributed by atoms with E-state index in [0.29, 0.717) is 17.1 Å². The largest absolute Gasteiger partial charge is 0.416 e. The van der Waals surface area contributed by atoms with Gasteiger partial charge in [0.15, 0.2) is 5.78 Å². The fourth-order valence-corrected chi connectivity index (χ4v) is 4.58. The number of nitrogen functional groups attached to an aromatic ring is 1. The molecule has 0 fully saturated rings. The molecule has 0 amide bonds. The van der Waals surface area contributed by atoms with Crippen LogP contribution in [-0.4, -0.2) is 33.7 Å². The first kappa shape index (κ1) is 24.1. The van der Waals surface area contributed by atoms with Gasteiger partial charge in [-0.3, -0.25) is 14.5 Å². The summed E-state index contributed by atoms with van der Waals surface area (Å²) in [5.74, 6) is -0.407. The number of aromatic nitrogens is 4. The van der Waals surface area contributed by atoms with Gasteiger partial charge in [-0.15, -0.1) is 0 Å². The van der Waals surface area contributed by atoms with E-state index in [1.54, 1.807) is 10.8 Å². The highest BCUT2D eigenvalue weighted by molar-refractivity contribution is 7.92. The number of nitrogens with zero attached hydrogens (tertiary/aromatic N) is 4. The molecule has 3 N–H and O–H groups in total. The van der Waals surface area contributed by atoms with Crippen molar-refractivity contribution in [2.45, 2.75) is 31.0 Å². The summed E-state index contributed by atoms with van der Waals surface area (Å²) in [6.45, 7) is 3.80. The highest BCUT2D eigenvalue weighted by atomic mass is 32.2. The van der Waals surface area contributed by atoms with Crippen LogP contribution < -0.4 is 10.5 Å². The normalized spacial score (nSPS) is 12.3. The van der Waals surface area contributed by atoms with Crippen LogP contribution in [0.25, 0.3) is 11.0 Å². The second kappa shape index (κ2) is 8.65. The Bertz CT molecular complexity index is 1550. The van der Waals surface area contributed by atoms with Gasteiger partial charge in [-0.25, -0.2) is 18.4 Å². The minimum absolute atomic E-state index is 0.0281. The van der Waals surface area contributed by atoms with Crippen LogP contribution in [0.5, 0.6) is 0 Å². The lowest BCUT2D eigenvalue weighted by molar-refractivity contribution is -0.137. The van der Waals surface area contributed by atoms with Crippen molar-refractivity contribution in [1.29, 1.82) is 0 Å². The molecule has 1 aromatic carbocycles. The van der Waals surface area contributed by atoms with Crippen molar-refractivity contribution in [3.63, 3.8) is 0 Å². The Hall–Kier alpha value is -4.00. The molecule has 0 saturated carbocycles. The average Bonchev–Trinajstić information content (AvgIpc) is 3.19. The summed E-state index contributed by atoms with van der Waals surface area (Å²) in [5, 5.41) is 0.348. The Balaban J connectivity index is 1.70. The molecule has 4 aromatic rings. The van der Waals surface area contributed by atoms with Gasteiger partial charge in [0.2, 0.25) is 0 Å². The van der Waals surface area contributed by atoms with E-state index in [2.05, 4.69) is 19.7 Å². The number of nitrogens with two attached hydrogens (primary N) is 1. The third-order valence-electron chi connectivity index (χ3n) is 5.16. The van der Waals surface area contributed by atoms with Gasteiger partial charge in [0.1, 0.15) is 17.8 Å². The first-order valence-corrected chi connectivity index (χ1v) is 11.7. The molecular weight excluding hydrogens is 485 g/mol. The van der Waals surface area contributed by atoms with Gasteiger partial charge < -0.3 is 10.3 Å². The van der Waals surface area contributed by atoms with Crippen LogP contribution in [0, 0.1) is 0 Å². The number of ketones is 1. The molecule has 4 rings (SSSR count). The molecule has 0 aliphatic heterocycles. The third-order valence-corrected chi connectivity index (χ3v) is 6.54. The molecule has 35 heavy (non-hydrogen) atoms. The number of halogens is 3. The second-order valence-corrected chi connectivity index (χ2v) is 9.61. The van der Waals surface area contributed by atoms with Crippen LogP contribution in [0.2, 0.25) is 0 Å². The molecule has 0 saturated heterocycles. The van der Waals surface area contributed by atoms with E-state index in [0.717, 1.165) is 24.4 Å². The molecule has 0 atom stereocenters. The Labute approximate surface area is 197 Å². The molecule has 3 heterocycles. The number of carbonyl (C=O) groups is 1. The monoisotopic (exact) mass is 504 g/mol. The SMILES string of the molecule is CC(C)n1cc(C(=O)c2cncc(NS(=O)(=O)c3cccc(C(F)(F)F)c3)c2)c2c(N)ncnc21. The van der Waals surface area contributed by atoms with Crippen LogP contribution in [0.4, 0.5) is 24.7 Å². The molecule has 13 heteroatoms. The number of alkyl halides is 3. The lowest BCUT2D eigenvalue weighted by Gasteiger charge is -2.11. The molecule has 0 aliphatic rings. The number of nitrogens with one attached hydrogen (secondary N) is 1. The van der Waals surface area contributed by atoms with Crippen LogP contribution in [0.1, 0.15) is 41.4 Å². The van der Waals surface area contributed by atoms with E-state index in [-0.39, 0.29) is 28.7 Å². The van der Waals surface area contributed by atoms with Crippen molar-refractivity contribution in [1.82, 2.24) is 19.5 Å². The Kier molecular flexibility index (Phi) is 5.97. The fraction of sp³-hybridized carbons (Fsp3) is 0.182. The summed E-state index contributed by atoms with van der Waals surface area (Å²) in [6.07, 6.45) is 0.539. The molecule has 182 valence electrons. The van der Waals surface area contributed by atoms with Crippen molar-refractivity contribution in [2.24, 2.45) is 0 Å². The Morgan fingerprint density at radius 3 is 2.57 bits per heavy atom. The van der Waals surface area contributed by atoms with Gasteiger partial charge in [0.25, 0.3) is 10.0 Å². The average molecular weight is 504 g/mol. The number of hydrogen-bond donors (Lipinski definition) is 2. The highest BCUT2D eigenvalue weighted by Gasteiger charge is 2.31. The Morgan fingerprint density at radius 1 is 1.14 bits per heavy atom. The van der Waals surface area contributed by atoms with E-state index in [9.17, 15) is 26.4 Å². The molecule has 0 aliphatic carbocycles. The van der Waals surface area contributed by atoms with E-state index in [4.69, 9.17) is 5.73 Å². The third kappa shape index (κ3) is 4.67. The number of fused-ring (bicyclic) bond motifs is 1. The Morgan fingerprint density at radius 2 is 1.89 bits per heavy atom. The van der Waals surface area contributed by atoms with Gasteiger partial charge in [-0.05, 0) is 38.1 Å². The van der Waals surface area contributed by atoms with E-state index >= 15 is 0 Å². The summed E-state index contributed by atoms with van der Waals surface area (Å²) in [6, 6.07) is 4.50. The number of rotatable bonds is 6. The maximum absolute atomic E-state index is 13.3. The van der Waals surface area contributed by atoms with Crippen LogP contribution in [-0.2, 0) is 16.2 Å². The summed E-state index contributed by atoms with van der Waals surface area (Å²) in [4.78, 5) is 24.8. The van der Waals surface area contributed by atoms with Crippen molar-refractivity contribution in [3.05, 3.63) is 71.9 Å². The molecule has 0 unspecified atom stereocenters. The lowest BCUT2D eigenvalue weighted by Crippen LogP contribution is -2.15. The van der Waals surface area contributed by atoms with Gasteiger partial charge in [-0.2, -0.15) is 13.2 Å². The first-order chi connectivity index (χ1) is 16.4. The molecule has 0 radical (unpaired) electrons. The number of sulfonamides is 1. The molecular formula is C22H19F3N6O3S. The predicted molar refractivity (Wildman–Crippen MR) is 122 cm³/mol. The summed E-state index contributed by atoms with van der Waals surface area (Å²) in [7, 11) is -4.40. The molecule has 0 bridgehead atoms. The van der Waals surface area contributed by atoms with Gasteiger partial charge >= 0.3 is 6.18 Å². The number of benzene rings is 1. The zero-order valence-electron chi connectivity index (χ0n) is 18.4. The first-order valence-electron chi connectivity index (χ1n) is 10.2. The van der Waals surface area contributed by atoms with E-state index in [1.165, 1.54) is 18.6 Å². The smallest absolute Gasteiger partial charge is 0.383 e. The second-order valence-electron chi connectivity index (χ2n) is 7.92.